The van der Waals surface area contributed by atoms with Crippen LogP contribution in [-0.2, 0) is 17.1 Å². The van der Waals surface area contributed by atoms with Crippen molar-refractivity contribution in [2.75, 3.05) is 32.7 Å². The minimum atomic E-state index is -3.53. The standard InChI is InChI=1S/C22H34N4O3S/c1-5-26(6-2)30(28,29)19-9-10-20-18(15-19)16-21(24(20)4)22(27)23-12-11-17(3)25-13-7-8-14-25/h9-10,15-17H,5-8,11-14H2,1-4H3,(H,23,27)/t17-/m1/s1. The molecule has 1 amide bonds. The molecule has 1 aromatic heterocycles. The maximum atomic E-state index is 12.8. The summed E-state index contributed by atoms with van der Waals surface area (Å²) in [6.07, 6.45) is 3.44. The van der Waals surface area contributed by atoms with Gasteiger partial charge in [0.15, 0.2) is 0 Å². The molecule has 8 heteroatoms. The molecule has 0 saturated carbocycles. The third-order valence-corrected chi connectivity index (χ3v) is 8.25. The van der Waals surface area contributed by atoms with Crippen LogP contribution in [0.25, 0.3) is 10.9 Å². The van der Waals surface area contributed by atoms with E-state index < -0.39 is 10.0 Å². The zero-order valence-corrected chi connectivity index (χ0v) is 19.3. The van der Waals surface area contributed by atoms with Gasteiger partial charge >= 0.3 is 0 Å². The maximum Gasteiger partial charge on any atom is 0.267 e. The van der Waals surface area contributed by atoms with Crippen LogP contribution in [0.3, 0.4) is 0 Å². The van der Waals surface area contributed by atoms with Crippen molar-refractivity contribution >= 4 is 26.8 Å². The number of carbonyl (C=O) groups excluding carboxylic acids is 1. The van der Waals surface area contributed by atoms with Crippen LogP contribution in [0.5, 0.6) is 0 Å². The highest BCUT2D eigenvalue weighted by molar-refractivity contribution is 7.89. The Bertz CT molecular complexity index is 989. The molecule has 0 unspecified atom stereocenters. The van der Waals surface area contributed by atoms with E-state index in [1.54, 1.807) is 24.3 Å². The van der Waals surface area contributed by atoms with Crippen molar-refractivity contribution < 1.29 is 13.2 Å². The van der Waals surface area contributed by atoms with E-state index in [2.05, 4.69) is 17.1 Å². The molecule has 1 fully saturated rings. The number of rotatable bonds is 9. The molecule has 166 valence electrons. The normalized spacial score (nSPS) is 16.4. The van der Waals surface area contributed by atoms with Crippen LogP contribution in [-0.4, -0.2) is 66.9 Å². The van der Waals surface area contributed by atoms with Gasteiger partial charge in [-0.3, -0.25) is 4.79 Å². The van der Waals surface area contributed by atoms with Gasteiger partial charge < -0.3 is 14.8 Å². The molecule has 30 heavy (non-hydrogen) atoms. The largest absolute Gasteiger partial charge is 0.351 e. The second kappa shape index (κ2) is 9.49. The van der Waals surface area contributed by atoms with Crippen molar-refractivity contribution in [3.63, 3.8) is 0 Å². The van der Waals surface area contributed by atoms with E-state index in [-0.39, 0.29) is 10.8 Å². The van der Waals surface area contributed by atoms with Crippen LogP contribution in [0.1, 0.15) is 50.5 Å². The van der Waals surface area contributed by atoms with Gasteiger partial charge in [0, 0.05) is 43.6 Å². The zero-order chi connectivity index (χ0) is 21.9. The summed E-state index contributed by atoms with van der Waals surface area (Å²) in [5.41, 5.74) is 1.38. The Morgan fingerprint density at radius 1 is 1.17 bits per heavy atom. The van der Waals surface area contributed by atoms with Crippen LogP contribution in [0.4, 0.5) is 0 Å². The first-order chi connectivity index (χ1) is 14.3. The lowest BCUT2D eigenvalue weighted by atomic mass is 10.2. The zero-order valence-electron chi connectivity index (χ0n) is 18.5. The summed E-state index contributed by atoms with van der Waals surface area (Å²) in [5, 5.41) is 3.77. The number of aromatic nitrogens is 1. The Hall–Kier alpha value is -1.90. The number of hydrogen-bond donors (Lipinski definition) is 1. The number of likely N-dealkylation sites (tertiary alicyclic amines) is 1. The van der Waals surface area contributed by atoms with Gasteiger partial charge in [-0.15, -0.1) is 0 Å². The van der Waals surface area contributed by atoms with Crippen molar-refractivity contribution in [1.29, 1.82) is 0 Å². The Morgan fingerprint density at radius 2 is 1.83 bits per heavy atom. The van der Waals surface area contributed by atoms with E-state index in [1.165, 1.54) is 17.1 Å². The van der Waals surface area contributed by atoms with E-state index in [0.29, 0.717) is 31.4 Å². The molecule has 1 atom stereocenters. The summed E-state index contributed by atoms with van der Waals surface area (Å²) in [4.78, 5) is 15.5. The summed E-state index contributed by atoms with van der Waals surface area (Å²) >= 11 is 0. The molecule has 0 spiro atoms. The summed E-state index contributed by atoms with van der Waals surface area (Å²) < 4.78 is 28.9. The van der Waals surface area contributed by atoms with E-state index in [0.717, 1.165) is 30.4 Å². The van der Waals surface area contributed by atoms with Crippen molar-refractivity contribution in [1.82, 2.24) is 19.1 Å². The Kier molecular flexibility index (Phi) is 7.21. The molecule has 1 N–H and O–H groups in total. The van der Waals surface area contributed by atoms with Gasteiger partial charge in [-0.2, -0.15) is 4.31 Å². The fourth-order valence-electron chi connectivity index (χ4n) is 4.27. The summed E-state index contributed by atoms with van der Waals surface area (Å²) in [6, 6.07) is 7.30. The molecule has 0 radical (unpaired) electrons. The van der Waals surface area contributed by atoms with Gasteiger partial charge in [-0.05, 0) is 63.5 Å². The van der Waals surface area contributed by atoms with E-state index in [4.69, 9.17) is 0 Å². The van der Waals surface area contributed by atoms with E-state index >= 15 is 0 Å². The molecule has 1 aliphatic rings. The lowest BCUT2D eigenvalue weighted by Gasteiger charge is -2.23. The summed E-state index contributed by atoms with van der Waals surface area (Å²) in [7, 11) is -1.69. The number of benzene rings is 1. The highest BCUT2D eigenvalue weighted by atomic mass is 32.2. The van der Waals surface area contributed by atoms with Crippen molar-refractivity contribution in [2.24, 2.45) is 7.05 Å². The number of fused-ring (bicyclic) bond motifs is 1. The number of amides is 1. The van der Waals surface area contributed by atoms with Gasteiger partial charge in [0.05, 0.1) is 4.90 Å². The topological polar surface area (TPSA) is 74.7 Å². The number of hydrogen-bond acceptors (Lipinski definition) is 4. The second-order valence-electron chi connectivity index (χ2n) is 8.04. The Balaban J connectivity index is 1.73. The first-order valence-electron chi connectivity index (χ1n) is 10.9. The summed E-state index contributed by atoms with van der Waals surface area (Å²) in [6.45, 7) is 9.65. The lowest BCUT2D eigenvalue weighted by Crippen LogP contribution is -2.34. The first-order valence-corrected chi connectivity index (χ1v) is 12.4. The van der Waals surface area contributed by atoms with Crippen LogP contribution in [0.2, 0.25) is 0 Å². The average Bonchev–Trinajstić information content (AvgIpc) is 3.37. The lowest BCUT2D eigenvalue weighted by molar-refractivity contribution is 0.0941. The quantitative estimate of drug-likeness (QED) is 0.659. The fraction of sp³-hybridized carbons (Fsp3) is 0.591. The first kappa shape index (κ1) is 22.8. The molecule has 1 aliphatic heterocycles. The minimum absolute atomic E-state index is 0.129. The Labute approximate surface area is 180 Å². The smallest absolute Gasteiger partial charge is 0.267 e. The predicted molar refractivity (Wildman–Crippen MR) is 120 cm³/mol. The van der Waals surface area contributed by atoms with Crippen LogP contribution < -0.4 is 5.32 Å². The molecule has 3 rings (SSSR count). The van der Waals surface area contributed by atoms with Crippen LogP contribution >= 0.6 is 0 Å². The number of nitrogens with one attached hydrogen (secondary N) is 1. The Morgan fingerprint density at radius 3 is 2.47 bits per heavy atom. The van der Waals surface area contributed by atoms with Gasteiger partial charge in [-0.1, -0.05) is 13.8 Å². The number of aryl methyl sites for hydroxylation is 1. The van der Waals surface area contributed by atoms with Gasteiger partial charge in [0.1, 0.15) is 5.69 Å². The minimum Gasteiger partial charge on any atom is -0.351 e. The van der Waals surface area contributed by atoms with Crippen LogP contribution in [0, 0.1) is 0 Å². The molecule has 0 aliphatic carbocycles. The van der Waals surface area contributed by atoms with E-state index in [1.807, 2.05) is 25.5 Å². The highest BCUT2D eigenvalue weighted by Crippen LogP contribution is 2.24. The molecule has 7 nitrogen and oxygen atoms in total. The van der Waals surface area contributed by atoms with Crippen molar-refractivity contribution in [3.05, 3.63) is 30.0 Å². The monoisotopic (exact) mass is 434 g/mol. The molecule has 1 aromatic carbocycles. The van der Waals surface area contributed by atoms with Gasteiger partial charge in [0.2, 0.25) is 10.0 Å². The SMILES string of the molecule is CCN(CC)S(=O)(=O)c1ccc2c(c1)cc(C(=O)NCC[C@@H](C)N1CCCC1)n2C. The molecular formula is C22H34N4O3S. The highest BCUT2D eigenvalue weighted by Gasteiger charge is 2.23. The average molecular weight is 435 g/mol. The molecule has 1 saturated heterocycles. The second-order valence-corrected chi connectivity index (χ2v) is 9.97. The molecular weight excluding hydrogens is 400 g/mol. The fourth-order valence-corrected chi connectivity index (χ4v) is 5.76. The number of nitrogens with zero attached hydrogens (tertiary/aromatic N) is 3. The third-order valence-electron chi connectivity index (χ3n) is 6.20. The van der Waals surface area contributed by atoms with Crippen LogP contribution in [0.15, 0.2) is 29.2 Å². The maximum absolute atomic E-state index is 12.8. The van der Waals surface area contributed by atoms with Crippen molar-refractivity contribution in [2.45, 2.75) is 51.0 Å². The van der Waals surface area contributed by atoms with Gasteiger partial charge in [0.25, 0.3) is 5.91 Å². The number of sulfonamides is 1. The van der Waals surface area contributed by atoms with Gasteiger partial charge in [-0.25, -0.2) is 8.42 Å². The number of carbonyl (C=O) groups is 1. The predicted octanol–water partition coefficient (Wildman–Crippen LogP) is 2.81. The molecule has 2 aromatic rings. The molecule has 2 heterocycles. The third kappa shape index (κ3) is 4.55. The molecule has 0 bridgehead atoms. The van der Waals surface area contributed by atoms with E-state index in [9.17, 15) is 13.2 Å². The van der Waals surface area contributed by atoms with Crippen molar-refractivity contribution in [3.8, 4) is 0 Å². The summed E-state index contributed by atoms with van der Waals surface area (Å²) in [5.74, 6) is -0.129.